The van der Waals surface area contributed by atoms with Gasteiger partial charge in [0.2, 0.25) is 0 Å². The quantitative estimate of drug-likeness (QED) is 0.833. The Morgan fingerprint density at radius 3 is 2.53 bits per heavy atom. The van der Waals surface area contributed by atoms with Crippen LogP contribution in [0.5, 0.6) is 5.75 Å². The van der Waals surface area contributed by atoms with Crippen molar-refractivity contribution in [1.29, 1.82) is 0 Å². The molecule has 3 N–H and O–H groups in total. The Kier molecular flexibility index (Phi) is 3.46. The van der Waals surface area contributed by atoms with Crippen LogP contribution >= 0.6 is 11.6 Å². The first-order valence-corrected chi connectivity index (χ1v) is 4.49. The zero-order chi connectivity index (χ0) is 11.6. The molecule has 6 heteroatoms. The molecule has 0 radical (unpaired) electrons. The lowest BCUT2D eigenvalue weighted by Gasteiger charge is -2.15. The highest BCUT2D eigenvalue weighted by atomic mass is 35.5. The summed E-state index contributed by atoms with van der Waals surface area (Å²) >= 11 is 5.54. The molecule has 0 spiro atoms. The lowest BCUT2D eigenvalue weighted by Crippen LogP contribution is -2.20. The molecule has 84 valence electrons. The number of hydrogen-bond acceptors (Lipinski definition) is 2. The number of alkyl halides is 3. The summed E-state index contributed by atoms with van der Waals surface area (Å²) in [5.74, 6) is -0.393. The zero-order valence-electron chi connectivity index (χ0n) is 7.55. The van der Waals surface area contributed by atoms with E-state index in [0.717, 1.165) is 0 Å². The van der Waals surface area contributed by atoms with Gasteiger partial charge in [-0.2, -0.15) is 13.2 Å². The highest BCUT2D eigenvalue weighted by Gasteiger charge is 2.32. The van der Waals surface area contributed by atoms with Crippen molar-refractivity contribution in [1.82, 2.24) is 0 Å². The smallest absolute Gasteiger partial charge is 0.390 e. The van der Waals surface area contributed by atoms with Crippen molar-refractivity contribution in [2.24, 2.45) is 5.73 Å². The Morgan fingerprint density at radius 2 is 2.00 bits per heavy atom. The number of rotatable bonds is 2. The van der Waals surface area contributed by atoms with Gasteiger partial charge in [-0.3, -0.25) is 0 Å². The molecule has 0 saturated heterocycles. The van der Waals surface area contributed by atoms with Crippen molar-refractivity contribution in [2.45, 2.75) is 18.6 Å². The summed E-state index contributed by atoms with van der Waals surface area (Å²) in [6, 6.07) is 2.83. The van der Waals surface area contributed by atoms with E-state index in [2.05, 4.69) is 0 Å². The maximum Gasteiger partial charge on any atom is 0.390 e. The number of nitrogens with two attached hydrogens (primary N) is 1. The van der Waals surface area contributed by atoms with Gasteiger partial charge in [0.25, 0.3) is 0 Å². The summed E-state index contributed by atoms with van der Waals surface area (Å²) in [6.07, 6.45) is -5.56. The maximum absolute atomic E-state index is 12.0. The minimum atomic E-state index is -4.37. The van der Waals surface area contributed by atoms with E-state index in [1.54, 1.807) is 0 Å². The normalized spacial score (nSPS) is 13.9. The fraction of sp³-hybridized carbons (Fsp3) is 0.333. The van der Waals surface area contributed by atoms with Gasteiger partial charge in [-0.05, 0) is 6.07 Å². The molecule has 0 unspecified atom stereocenters. The van der Waals surface area contributed by atoms with Crippen LogP contribution in [0.4, 0.5) is 13.2 Å². The highest BCUT2D eigenvalue weighted by molar-refractivity contribution is 6.32. The van der Waals surface area contributed by atoms with E-state index < -0.39 is 24.4 Å². The van der Waals surface area contributed by atoms with Gasteiger partial charge >= 0.3 is 6.18 Å². The van der Waals surface area contributed by atoms with Crippen LogP contribution in [0.15, 0.2) is 18.2 Å². The second-order valence-corrected chi connectivity index (χ2v) is 3.51. The molecular formula is C9H9ClF3NO. The molecule has 1 rings (SSSR count). The molecule has 0 fully saturated rings. The van der Waals surface area contributed by atoms with Crippen LogP contribution in [-0.2, 0) is 0 Å². The van der Waals surface area contributed by atoms with E-state index >= 15 is 0 Å². The van der Waals surface area contributed by atoms with Crippen molar-refractivity contribution < 1.29 is 18.3 Å². The number of aromatic hydroxyl groups is 1. The molecule has 0 bridgehead atoms. The van der Waals surface area contributed by atoms with Crippen LogP contribution in [0, 0.1) is 0 Å². The molecule has 0 aliphatic rings. The number of para-hydroxylation sites is 1. The van der Waals surface area contributed by atoms with Crippen molar-refractivity contribution in [2.75, 3.05) is 0 Å². The van der Waals surface area contributed by atoms with E-state index in [-0.39, 0.29) is 10.6 Å². The fourth-order valence-corrected chi connectivity index (χ4v) is 1.37. The Bertz CT molecular complexity index is 354. The molecule has 15 heavy (non-hydrogen) atoms. The van der Waals surface area contributed by atoms with Gasteiger partial charge in [0.15, 0.2) is 0 Å². The monoisotopic (exact) mass is 239 g/mol. The Labute approximate surface area is 89.5 Å². The summed E-state index contributed by atoms with van der Waals surface area (Å²) in [7, 11) is 0. The van der Waals surface area contributed by atoms with Gasteiger partial charge in [0.1, 0.15) is 5.75 Å². The predicted octanol–water partition coefficient (Wildman–Crippen LogP) is 3.00. The standard InChI is InChI=1S/C9H9ClF3NO/c10-6-3-1-2-5(8(6)15)7(14)4-9(11,12)13/h1-3,7,15H,4,14H2/t7-/m1/s1. The number of hydrogen-bond donors (Lipinski definition) is 2. The molecule has 0 aliphatic heterocycles. The average Bonchev–Trinajstić information content (AvgIpc) is 2.06. The van der Waals surface area contributed by atoms with E-state index in [1.165, 1.54) is 18.2 Å². The summed E-state index contributed by atoms with van der Waals surface area (Å²) in [5.41, 5.74) is 5.31. The van der Waals surface area contributed by atoms with Crippen molar-refractivity contribution in [3.8, 4) is 5.75 Å². The lowest BCUT2D eigenvalue weighted by molar-refractivity contribution is -0.138. The van der Waals surface area contributed by atoms with E-state index in [0.29, 0.717) is 0 Å². The minimum absolute atomic E-state index is 0.000162. The molecule has 0 heterocycles. The topological polar surface area (TPSA) is 46.2 Å². The number of benzene rings is 1. The van der Waals surface area contributed by atoms with Crippen LogP contribution in [0.1, 0.15) is 18.0 Å². The molecule has 2 nitrogen and oxygen atoms in total. The van der Waals surface area contributed by atoms with Crippen LogP contribution in [0.2, 0.25) is 5.02 Å². The molecule has 0 aliphatic carbocycles. The third-order valence-electron chi connectivity index (χ3n) is 1.87. The van der Waals surface area contributed by atoms with Crippen molar-refractivity contribution in [3.63, 3.8) is 0 Å². The van der Waals surface area contributed by atoms with Crippen molar-refractivity contribution >= 4 is 11.6 Å². The van der Waals surface area contributed by atoms with Gasteiger partial charge in [0.05, 0.1) is 11.4 Å². The second-order valence-electron chi connectivity index (χ2n) is 3.10. The zero-order valence-corrected chi connectivity index (χ0v) is 8.31. The largest absolute Gasteiger partial charge is 0.506 e. The SMILES string of the molecule is N[C@H](CC(F)(F)F)c1cccc(Cl)c1O. The Morgan fingerprint density at radius 1 is 1.40 bits per heavy atom. The Hall–Kier alpha value is -0.940. The van der Waals surface area contributed by atoms with Crippen LogP contribution < -0.4 is 5.73 Å². The van der Waals surface area contributed by atoms with Gasteiger partial charge in [0, 0.05) is 11.6 Å². The number of halogens is 4. The molecular weight excluding hydrogens is 231 g/mol. The highest BCUT2D eigenvalue weighted by Crippen LogP contribution is 2.35. The molecule has 0 saturated carbocycles. The van der Waals surface area contributed by atoms with Crippen LogP contribution in [0.25, 0.3) is 0 Å². The average molecular weight is 240 g/mol. The van der Waals surface area contributed by atoms with Gasteiger partial charge in [-0.15, -0.1) is 0 Å². The first kappa shape index (κ1) is 12.1. The molecule has 1 aromatic carbocycles. The van der Waals surface area contributed by atoms with E-state index in [4.69, 9.17) is 17.3 Å². The summed E-state index contributed by atoms with van der Waals surface area (Å²) in [5, 5.41) is 9.38. The first-order valence-electron chi connectivity index (χ1n) is 4.11. The van der Waals surface area contributed by atoms with Gasteiger partial charge in [-0.1, -0.05) is 23.7 Å². The third kappa shape index (κ3) is 3.28. The lowest BCUT2D eigenvalue weighted by atomic mass is 10.0. The third-order valence-corrected chi connectivity index (χ3v) is 2.17. The first-order chi connectivity index (χ1) is 6.81. The van der Waals surface area contributed by atoms with E-state index in [1.807, 2.05) is 0 Å². The van der Waals surface area contributed by atoms with Crippen LogP contribution in [0.3, 0.4) is 0 Å². The van der Waals surface area contributed by atoms with Crippen LogP contribution in [-0.4, -0.2) is 11.3 Å². The molecule has 1 atom stereocenters. The van der Waals surface area contributed by atoms with Crippen molar-refractivity contribution in [3.05, 3.63) is 28.8 Å². The molecule has 0 amide bonds. The number of phenolic OH excluding ortho intramolecular Hbond substituents is 1. The summed E-state index contributed by atoms with van der Waals surface area (Å²) in [4.78, 5) is 0. The molecule has 0 aromatic heterocycles. The maximum atomic E-state index is 12.0. The van der Waals surface area contributed by atoms with Gasteiger partial charge < -0.3 is 10.8 Å². The predicted molar refractivity (Wildman–Crippen MR) is 50.7 cm³/mol. The molecule has 1 aromatic rings. The van der Waals surface area contributed by atoms with E-state index in [9.17, 15) is 18.3 Å². The summed E-state index contributed by atoms with van der Waals surface area (Å²) < 4.78 is 36.1. The minimum Gasteiger partial charge on any atom is -0.506 e. The number of phenols is 1. The summed E-state index contributed by atoms with van der Waals surface area (Å²) in [6.45, 7) is 0. The second kappa shape index (κ2) is 4.28. The Balaban J connectivity index is 2.92. The van der Waals surface area contributed by atoms with Gasteiger partial charge in [-0.25, -0.2) is 0 Å². The fourth-order valence-electron chi connectivity index (χ4n) is 1.19.